The fourth-order valence-electron chi connectivity index (χ4n) is 3.76. The highest BCUT2D eigenvalue weighted by molar-refractivity contribution is 5.94. The molecule has 1 aliphatic rings. The molecular weight excluding hydrogens is 396 g/mol. The molecule has 1 N–H and O–H groups in total. The van der Waals surface area contributed by atoms with Gasteiger partial charge in [0, 0.05) is 50.4 Å². The van der Waals surface area contributed by atoms with Crippen molar-refractivity contribution in [3.63, 3.8) is 0 Å². The van der Waals surface area contributed by atoms with Gasteiger partial charge in [0.1, 0.15) is 11.5 Å². The van der Waals surface area contributed by atoms with E-state index >= 15 is 0 Å². The second kappa shape index (κ2) is 9.07. The average Bonchev–Trinajstić information content (AvgIpc) is 3.45. The zero-order chi connectivity index (χ0) is 21.8. The number of hydrogen-bond acceptors (Lipinski definition) is 5. The van der Waals surface area contributed by atoms with E-state index in [4.69, 9.17) is 9.47 Å². The number of aromatic amines is 1. The van der Waals surface area contributed by atoms with Crippen LogP contribution in [0.1, 0.15) is 34.1 Å². The van der Waals surface area contributed by atoms with Crippen LogP contribution in [0.3, 0.4) is 0 Å². The number of nitrogens with zero attached hydrogens (tertiary/aromatic N) is 3. The van der Waals surface area contributed by atoms with Crippen LogP contribution in [0.5, 0.6) is 11.5 Å². The van der Waals surface area contributed by atoms with Gasteiger partial charge in [-0.3, -0.25) is 14.7 Å². The van der Waals surface area contributed by atoms with Gasteiger partial charge in [-0.25, -0.2) is 0 Å². The van der Waals surface area contributed by atoms with Crippen LogP contribution < -0.4 is 15.0 Å². The third-order valence-corrected chi connectivity index (χ3v) is 5.58. The number of hydrogen-bond donors (Lipinski definition) is 1. The Morgan fingerprint density at radius 2 is 1.97 bits per heavy atom. The highest BCUT2D eigenvalue weighted by atomic mass is 16.5. The maximum atomic E-state index is 12.8. The maximum absolute atomic E-state index is 12.8. The summed E-state index contributed by atoms with van der Waals surface area (Å²) in [5.41, 5.74) is 2.37. The first-order chi connectivity index (χ1) is 15.0. The molecule has 1 atom stereocenters. The standard InChI is InChI=1S/C23H26N4O4/c1-26-14-17(3-8-22(26)28)23(29)27-11-9-16(15-27)21-13-18(24-25-21)10-12-31-20-6-4-19(30-2)5-7-20/h3-8,13-14,16H,9-12,15H2,1-2H3,(H,24,25). The quantitative estimate of drug-likeness (QED) is 0.631. The van der Waals surface area contributed by atoms with Crippen molar-refractivity contribution in [1.82, 2.24) is 19.7 Å². The van der Waals surface area contributed by atoms with Crippen molar-refractivity contribution in [3.05, 3.63) is 76.0 Å². The number of pyridine rings is 1. The fourth-order valence-corrected chi connectivity index (χ4v) is 3.76. The lowest BCUT2D eigenvalue weighted by Gasteiger charge is -2.16. The third kappa shape index (κ3) is 4.79. The summed E-state index contributed by atoms with van der Waals surface area (Å²) in [6.45, 7) is 1.83. The van der Waals surface area contributed by atoms with Crippen LogP contribution in [-0.2, 0) is 13.5 Å². The number of likely N-dealkylation sites (tertiary alicyclic amines) is 1. The Bertz CT molecular complexity index is 1100. The number of methoxy groups -OCH3 is 1. The number of benzene rings is 1. The second-order valence-corrected chi connectivity index (χ2v) is 7.70. The molecule has 3 heterocycles. The number of ether oxygens (including phenoxy) is 2. The third-order valence-electron chi connectivity index (χ3n) is 5.58. The van der Waals surface area contributed by atoms with Gasteiger partial charge < -0.3 is 18.9 Å². The summed E-state index contributed by atoms with van der Waals surface area (Å²) in [5, 5.41) is 7.54. The summed E-state index contributed by atoms with van der Waals surface area (Å²) in [5.74, 6) is 1.74. The summed E-state index contributed by atoms with van der Waals surface area (Å²) in [6.07, 6.45) is 3.17. The lowest BCUT2D eigenvalue weighted by molar-refractivity contribution is 0.0789. The predicted molar refractivity (Wildman–Crippen MR) is 116 cm³/mol. The molecule has 1 aromatic carbocycles. The Kier molecular flexibility index (Phi) is 6.06. The SMILES string of the molecule is COc1ccc(OCCc2cc(C3CCN(C(=O)c4ccc(=O)n(C)c4)C3)n[nH]2)cc1. The summed E-state index contributed by atoms with van der Waals surface area (Å²) in [6, 6.07) is 12.6. The normalized spacial score (nSPS) is 15.8. The van der Waals surface area contributed by atoms with Crippen molar-refractivity contribution in [2.45, 2.75) is 18.8 Å². The van der Waals surface area contributed by atoms with E-state index in [2.05, 4.69) is 16.3 Å². The fraction of sp³-hybridized carbons (Fsp3) is 0.348. The zero-order valence-electron chi connectivity index (χ0n) is 17.7. The lowest BCUT2D eigenvalue weighted by atomic mass is 10.0. The molecule has 3 aromatic rings. The molecule has 0 bridgehead atoms. The van der Waals surface area contributed by atoms with E-state index in [1.165, 1.54) is 10.6 Å². The Morgan fingerprint density at radius 3 is 2.71 bits per heavy atom. The highest BCUT2D eigenvalue weighted by Crippen LogP contribution is 2.27. The first-order valence-electron chi connectivity index (χ1n) is 10.3. The van der Waals surface area contributed by atoms with Gasteiger partial charge in [-0.1, -0.05) is 0 Å². The minimum atomic E-state index is -0.129. The summed E-state index contributed by atoms with van der Waals surface area (Å²) in [4.78, 5) is 26.1. The van der Waals surface area contributed by atoms with E-state index in [9.17, 15) is 9.59 Å². The molecule has 8 nitrogen and oxygen atoms in total. The van der Waals surface area contributed by atoms with Crippen molar-refractivity contribution in [2.24, 2.45) is 7.05 Å². The van der Waals surface area contributed by atoms with Gasteiger partial charge in [0.15, 0.2) is 0 Å². The van der Waals surface area contributed by atoms with E-state index in [0.29, 0.717) is 31.7 Å². The molecule has 1 saturated heterocycles. The van der Waals surface area contributed by atoms with Crippen molar-refractivity contribution >= 4 is 5.91 Å². The molecule has 1 unspecified atom stereocenters. The molecule has 8 heteroatoms. The highest BCUT2D eigenvalue weighted by Gasteiger charge is 2.29. The van der Waals surface area contributed by atoms with Crippen molar-refractivity contribution in [2.75, 3.05) is 26.8 Å². The van der Waals surface area contributed by atoms with Crippen molar-refractivity contribution in [1.29, 1.82) is 0 Å². The van der Waals surface area contributed by atoms with Gasteiger partial charge in [-0.15, -0.1) is 0 Å². The van der Waals surface area contributed by atoms with Gasteiger partial charge in [0.2, 0.25) is 5.56 Å². The Balaban J connectivity index is 1.30. The van der Waals surface area contributed by atoms with Crippen LogP contribution in [-0.4, -0.2) is 52.4 Å². The monoisotopic (exact) mass is 422 g/mol. The number of carbonyl (C=O) groups excluding carboxylic acids is 1. The number of carbonyl (C=O) groups is 1. The molecule has 0 radical (unpaired) electrons. The first kappa shape index (κ1) is 20.7. The topological polar surface area (TPSA) is 89.4 Å². The van der Waals surface area contributed by atoms with Crippen LogP contribution in [0.2, 0.25) is 0 Å². The molecule has 162 valence electrons. The van der Waals surface area contributed by atoms with Crippen LogP contribution in [0.15, 0.2) is 53.5 Å². The average molecular weight is 422 g/mol. The summed E-state index contributed by atoms with van der Waals surface area (Å²) < 4.78 is 12.3. The van der Waals surface area contributed by atoms with E-state index in [1.807, 2.05) is 29.2 Å². The molecule has 0 saturated carbocycles. The lowest BCUT2D eigenvalue weighted by Crippen LogP contribution is -2.29. The molecule has 31 heavy (non-hydrogen) atoms. The minimum absolute atomic E-state index is 0.0539. The van der Waals surface area contributed by atoms with E-state index in [0.717, 1.165) is 29.3 Å². The smallest absolute Gasteiger partial charge is 0.255 e. The number of rotatable bonds is 7. The van der Waals surface area contributed by atoms with Gasteiger partial charge in [0.25, 0.3) is 5.91 Å². The number of nitrogens with one attached hydrogen (secondary N) is 1. The van der Waals surface area contributed by atoms with Gasteiger partial charge in [-0.2, -0.15) is 5.10 Å². The maximum Gasteiger partial charge on any atom is 0.255 e. The number of H-pyrrole nitrogens is 1. The summed E-state index contributed by atoms with van der Waals surface area (Å²) in [7, 11) is 3.28. The molecule has 0 aliphatic carbocycles. The van der Waals surface area contributed by atoms with Crippen LogP contribution in [0, 0.1) is 0 Å². The molecule has 2 aromatic heterocycles. The van der Waals surface area contributed by atoms with Crippen LogP contribution in [0.4, 0.5) is 0 Å². The zero-order valence-corrected chi connectivity index (χ0v) is 17.7. The van der Waals surface area contributed by atoms with Crippen molar-refractivity contribution < 1.29 is 14.3 Å². The number of amides is 1. The Morgan fingerprint density at radius 1 is 1.19 bits per heavy atom. The first-order valence-corrected chi connectivity index (χ1v) is 10.3. The Hall–Kier alpha value is -3.55. The van der Waals surface area contributed by atoms with E-state index in [-0.39, 0.29) is 17.4 Å². The molecule has 4 rings (SSSR count). The van der Waals surface area contributed by atoms with Crippen LogP contribution in [0.25, 0.3) is 0 Å². The number of aryl methyl sites for hydroxylation is 1. The number of aromatic nitrogens is 3. The van der Waals surface area contributed by atoms with Crippen LogP contribution >= 0.6 is 0 Å². The van der Waals surface area contributed by atoms with E-state index < -0.39 is 0 Å². The predicted octanol–water partition coefficient (Wildman–Crippen LogP) is 2.37. The molecule has 0 spiro atoms. The Labute approximate surface area is 180 Å². The van der Waals surface area contributed by atoms with Gasteiger partial charge >= 0.3 is 0 Å². The largest absolute Gasteiger partial charge is 0.497 e. The second-order valence-electron chi connectivity index (χ2n) is 7.70. The summed E-state index contributed by atoms with van der Waals surface area (Å²) >= 11 is 0. The molecule has 1 aliphatic heterocycles. The molecule has 1 amide bonds. The van der Waals surface area contributed by atoms with Crippen molar-refractivity contribution in [3.8, 4) is 11.5 Å². The minimum Gasteiger partial charge on any atom is -0.497 e. The molecule has 1 fully saturated rings. The van der Waals surface area contributed by atoms with E-state index in [1.54, 1.807) is 26.4 Å². The van der Waals surface area contributed by atoms with Gasteiger partial charge in [0.05, 0.1) is 25.0 Å². The van der Waals surface area contributed by atoms with Gasteiger partial charge in [-0.05, 0) is 42.8 Å². The molecular formula is C23H26N4O4.